The highest BCUT2D eigenvalue weighted by Gasteiger charge is 2.59. The van der Waals surface area contributed by atoms with Gasteiger partial charge in [-0.25, -0.2) is 0 Å². The molecule has 0 aromatic rings. The lowest BCUT2D eigenvalue weighted by molar-refractivity contribution is -0.148. The molecule has 0 heterocycles. The van der Waals surface area contributed by atoms with Crippen LogP contribution in [-0.4, -0.2) is 12.1 Å². The third-order valence-corrected chi connectivity index (χ3v) is 10.9. The van der Waals surface area contributed by atoms with Gasteiger partial charge < -0.3 is 4.74 Å². The van der Waals surface area contributed by atoms with Crippen LogP contribution in [-0.2, 0) is 9.53 Å². The minimum atomic E-state index is -0.121. The second kappa shape index (κ2) is 8.95. The van der Waals surface area contributed by atoms with Gasteiger partial charge in [0.25, 0.3) is 0 Å². The summed E-state index contributed by atoms with van der Waals surface area (Å²) in [4.78, 5) is 11.5. The predicted octanol–water partition coefficient (Wildman–Crippen LogP) is 7.98. The van der Waals surface area contributed by atoms with Crippen molar-refractivity contribution in [3.05, 3.63) is 23.8 Å². The Hall–Kier alpha value is -1.05. The van der Waals surface area contributed by atoms with Crippen molar-refractivity contribution < 1.29 is 9.53 Å². The number of ether oxygens (including phenoxy) is 1. The van der Waals surface area contributed by atoms with E-state index >= 15 is 0 Å². The van der Waals surface area contributed by atoms with E-state index in [1.807, 2.05) is 0 Å². The summed E-state index contributed by atoms with van der Waals surface area (Å²) in [5, 5.41) is 0. The van der Waals surface area contributed by atoms with Crippen LogP contribution in [0.25, 0.3) is 0 Å². The van der Waals surface area contributed by atoms with Crippen molar-refractivity contribution in [3.63, 3.8) is 0 Å². The molecule has 2 nitrogen and oxygen atoms in total. The Morgan fingerprint density at radius 2 is 1.78 bits per heavy atom. The quantitative estimate of drug-likeness (QED) is 0.320. The first-order chi connectivity index (χ1) is 15.1. The Kier molecular flexibility index (Phi) is 6.74. The van der Waals surface area contributed by atoms with Crippen LogP contribution in [0.3, 0.4) is 0 Å². The molecule has 4 aliphatic rings. The topological polar surface area (TPSA) is 26.3 Å². The zero-order valence-electron chi connectivity index (χ0n) is 21.8. The van der Waals surface area contributed by atoms with E-state index in [4.69, 9.17) is 4.74 Å². The first kappa shape index (κ1) is 24.1. The second-order valence-electron chi connectivity index (χ2n) is 12.8. The molecule has 4 rings (SSSR count). The van der Waals surface area contributed by atoms with Gasteiger partial charge in [0.1, 0.15) is 6.10 Å². The molecule has 4 aliphatic carbocycles. The van der Waals surface area contributed by atoms with Crippen LogP contribution >= 0.6 is 0 Å². The van der Waals surface area contributed by atoms with Crippen LogP contribution in [0.15, 0.2) is 23.8 Å². The number of hydrogen-bond acceptors (Lipinski definition) is 2. The van der Waals surface area contributed by atoms with Gasteiger partial charge in [0.2, 0.25) is 0 Å². The molecule has 3 fully saturated rings. The summed E-state index contributed by atoms with van der Waals surface area (Å²) < 4.78 is 5.62. The fraction of sp³-hybridized carbons (Fsp3) is 0.833. The van der Waals surface area contributed by atoms with Gasteiger partial charge in [0, 0.05) is 13.3 Å². The lowest BCUT2D eigenvalue weighted by Gasteiger charge is -2.58. The minimum absolute atomic E-state index is 0.106. The highest BCUT2D eigenvalue weighted by Crippen LogP contribution is 2.67. The van der Waals surface area contributed by atoms with Crippen molar-refractivity contribution in [2.75, 3.05) is 0 Å². The molecular formula is C30H48O2. The summed E-state index contributed by atoms with van der Waals surface area (Å²) in [6.45, 7) is 16.3. The molecule has 0 saturated heterocycles. The summed E-state index contributed by atoms with van der Waals surface area (Å²) in [5.41, 5.74) is 2.44. The number of carbonyl (C=O) groups excluding carboxylic acids is 1. The predicted molar refractivity (Wildman–Crippen MR) is 133 cm³/mol. The fourth-order valence-electron chi connectivity index (χ4n) is 8.57. The number of rotatable bonds is 5. The molecule has 9 atom stereocenters. The lowest BCUT2D eigenvalue weighted by atomic mass is 9.47. The van der Waals surface area contributed by atoms with Crippen LogP contribution in [0.1, 0.15) is 99.8 Å². The zero-order chi connectivity index (χ0) is 23.3. The number of allylic oxidation sites excluding steroid dienone is 3. The lowest BCUT2D eigenvalue weighted by Crippen LogP contribution is -2.51. The van der Waals surface area contributed by atoms with E-state index in [9.17, 15) is 4.79 Å². The van der Waals surface area contributed by atoms with Crippen molar-refractivity contribution in [3.8, 4) is 0 Å². The monoisotopic (exact) mass is 440 g/mol. The maximum atomic E-state index is 11.5. The molecular weight excluding hydrogens is 392 g/mol. The molecule has 0 radical (unpaired) electrons. The van der Waals surface area contributed by atoms with Crippen molar-refractivity contribution in [1.29, 1.82) is 0 Å². The van der Waals surface area contributed by atoms with E-state index in [1.54, 1.807) is 12.5 Å². The fourth-order valence-corrected chi connectivity index (χ4v) is 8.57. The summed E-state index contributed by atoms with van der Waals surface area (Å²) in [6.07, 6.45) is 17.8. The van der Waals surface area contributed by atoms with E-state index in [-0.39, 0.29) is 12.1 Å². The number of hydrogen-bond donors (Lipinski definition) is 0. The Morgan fingerprint density at radius 1 is 1.03 bits per heavy atom. The molecule has 180 valence electrons. The van der Waals surface area contributed by atoms with Gasteiger partial charge in [-0.1, -0.05) is 65.3 Å². The van der Waals surface area contributed by atoms with Crippen LogP contribution < -0.4 is 0 Å². The Labute approximate surface area is 197 Å². The third-order valence-electron chi connectivity index (χ3n) is 10.9. The van der Waals surface area contributed by atoms with Gasteiger partial charge in [0.15, 0.2) is 0 Å². The van der Waals surface area contributed by atoms with Crippen molar-refractivity contribution in [2.45, 2.75) is 106 Å². The van der Waals surface area contributed by atoms with Gasteiger partial charge in [0.05, 0.1) is 0 Å². The average Bonchev–Trinajstić information content (AvgIpc) is 3.08. The van der Waals surface area contributed by atoms with E-state index in [0.29, 0.717) is 22.7 Å². The van der Waals surface area contributed by atoms with E-state index in [0.717, 1.165) is 42.4 Å². The zero-order valence-corrected chi connectivity index (χ0v) is 21.8. The molecule has 0 bridgehead atoms. The van der Waals surface area contributed by atoms with E-state index in [1.165, 1.54) is 38.5 Å². The smallest absolute Gasteiger partial charge is 0.302 e. The van der Waals surface area contributed by atoms with Crippen molar-refractivity contribution in [2.24, 2.45) is 52.3 Å². The maximum absolute atomic E-state index is 11.5. The molecule has 0 aliphatic heterocycles. The minimum Gasteiger partial charge on any atom is -0.462 e. The molecule has 0 aromatic heterocycles. The van der Waals surface area contributed by atoms with Crippen LogP contribution in [0, 0.1) is 52.3 Å². The summed E-state index contributed by atoms with van der Waals surface area (Å²) in [6, 6.07) is 0. The molecule has 32 heavy (non-hydrogen) atoms. The molecule has 0 N–H and O–H groups in total. The van der Waals surface area contributed by atoms with Gasteiger partial charge in [-0.2, -0.15) is 0 Å². The van der Waals surface area contributed by atoms with Crippen LogP contribution in [0.5, 0.6) is 0 Å². The summed E-state index contributed by atoms with van der Waals surface area (Å²) in [5.74, 6) is 5.35. The summed E-state index contributed by atoms with van der Waals surface area (Å²) in [7, 11) is 0. The number of esters is 1. The molecule has 0 aromatic carbocycles. The van der Waals surface area contributed by atoms with Gasteiger partial charge in [-0.15, -0.1) is 0 Å². The normalized spacial score (nSPS) is 43.2. The van der Waals surface area contributed by atoms with Gasteiger partial charge in [-0.05, 0) is 97.2 Å². The van der Waals surface area contributed by atoms with Crippen LogP contribution in [0.4, 0.5) is 0 Å². The molecule has 2 heteroatoms. The number of carbonyl (C=O) groups is 1. The summed E-state index contributed by atoms with van der Waals surface area (Å²) >= 11 is 0. The average molecular weight is 441 g/mol. The van der Waals surface area contributed by atoms with Crippen molar-refractivity contribution in [1.82, 2.24) is 0 Å². The Balaban J connectivity index is 1.50. The highest BCUT2D eigenvalue weighted by atomic mass is 16.5. The third kappa shape index (κ3) is 4.14. The molecule has 0 spiro atoms. The van der Waals surface area contributed by atoms with Crippen molar-refractivity contribution >= 4 is 5.97 Å². The van der Waals surface area contributed by atoms with E-state index in [2.05, 4.69) is 59.8 Å². The largest absolute Gasteiger partial charge is 0.462 e. The second-order valence-corrected chi connectivity index (χ2v) is 12.8. The SMILES string of the molecule is CC(=O)O[C@@H]1CC[C@]2(C)C(=CC[C@@H]3[C@@H]4CC[C@H]([C@H](C)/C=C/[C@H](C)C(C)C)[C@]4(C)CC[C@@H]32)C1. The maximum Gasteiger partial charge on any atom is 0.302 e. The molecule has 0 amide bonds. The Bertz CT molecular complexity index is 763. The Morgan fingerprint density at radius 3 is 2.47 bits per heavy atom. The van der Waals surface area contributed by atoms with Gasteiger partial charge >= 0.3 is 5.97 Å². The van der Waals surface area contributed by atoms with Gasteiger partial charge in [-0.3, -0.25) is 4.79 Å². The molecule has 3 saturated carbocycles. The van der Waals surface area contributed by atoms with Crippen LogP contribution in [0.2, 0.25) is 0 Å². The molecule has 0 unspecified atom stereocenters. The first-order valence-electron chi connectivity index (χ1n) is 13.6. The number of fused-ring (bicyclic) bond motifs is 5. The highest BCUT2D eigenvalue weighted by molar-refractivity contribution is 5.66. The standard InChI is InChI=1S/C30H48O2/c1-19(2)20(3)8-9-21(4)26-12-13-27-25-11-10-23-18-24(32-22(5)31)14-16-29(23,6)28(25)15-17-30(26,27)7/h8-10,19-21,24-28H,11-18H2,1-7H3/b9-8+/t20-,21+,24+,25+,26+,27-,28-,29+,30-/m0/s1. The van der Waals surface area contributed by atoms with E-state index < -0.39 is 0 Å². The first-order valence-corrected chi connectivity index (χ1v) is 13.6.